The molecule has 0 bridgehead atoms. The van der Waals surface area contributed by atoms with Crippen molar-refractivity contribution in [2.24, 2.45) is 0 Å². The molecule has 0 aliphatic carbocycles. The predicted molar refractivity (Wildman–Crippen MR) is 136 cm³/mol. The number of sulfonamides is 1. The second-order valence-corrected chi connectivity index (χ2v) is 10.0. The van der Waals surface area contributed by atoms with Crippen LogP contribution in [0, 0.1) is 0 Å². The van der Waals surface area contributed by atoms with Crippen LogP contribution in [0.5, 0.6) is 0 Å². The largest absolute Gasteiger partial charge is 0.449 e. The summed E-state index contributed by atoms with van der Waals surface area (Å²) in [5.74, 6) is -1.02. The van der Waals surface area contributed by atoms with Gasteiger partial charge in [0.25, 0.3) is 15.9 Å². The molecule has 1 unspecified atom stereocenters. The maximum absolute atomic E-state index is 13.1. The lowest BCUT2D eigenvalue weighted by atomic mass is 10.2. The van der Waals surface area contributed by atoms with Crippen molar-refractivity contribution in [3.05, 3.63) is 96.1 Å². The molecule has 3 aromatic rings. The highest BCUT2D eigenvalue weighted by atomic mass is 32.2. The number of nitrogens with zero attached hydrogens (tertiary/aromatic N) is 2. The number of likely N-dealkylation sites (N-methyl/N-ethyl adjacent to an activating group) is 1. The molecular weight excluding hydrogens is 464 g/mol. The van der Waals surface area contributed by atoms with E-state index in [0.29, 0.717) is 29.9 Å². The van der Waals surface area contributed by atoms with E-state index in [2.05, 4.69) is 0 Å². The standard InChI is InChI=1S/C27H26N2O5S/c1-20(27(31)28(2)23-9-4-3-5-10-23)34-26(30)17-14-21-12-15-24(16-13-21)35(32,33)29-19-18-22-8-6-7-11-25(22)29/h3-17,20H,18-19H2,1-2H3. The molecule has 7 nitrogen and oxygen atoms in total. The summed E-state index contributed by atoms with van der Waals surface area (Å²) in [7, 11) is -2.06. The minimum absolute atomic E-state index is 0.178. The first-order chi connectivity index (χ1) is 16.8. The molecule has 0 radical (unpaired) electrons. The van der Waals surface area contributed by atoms with Gasteiger partial charge in [0.15, 0.2) is 6.10 Å². The van der Waals surface area contributed by atoms with Gasteiger partial charge in [0, 0.05) is 25.4 Å². The van der Waals surface area contributed by atoms with Crippen LogP contribution >= 0.6 is 0 Å². The summed E-state index contributed by atoms with van der Waals surface area (Å²) in [6, 6.07) is 22.8. The van der Waals surface area contributed by atoms with Crippen molar-refractivity contribution in [3.8, 4) is 0 Å². The van der Waals surface area contributed by atoms with E-state index in [1.807, 2.05) is 42.5 Å². The predicted octanol–water partition coefficient (Wildman–Crippen LogP) is 4.05. The summed E-state index contributed by atoms with van der Waals surface area (Å²) in [5, 5.41) is 0. The highest BCUT2D eigenvalue weighted by molar-refractivity contribution is 7.92. The van der Waals surface area contributed by atoms with Crippen molar-refractivity contribution in [1.82, 2.24) is 0 Å². The Morgan fingerprint density at radius 3 is 2.34 bits per heavy atom. The molecule has 0 aromatic heterocycles. The van der Waals surface area contributed by atoms with Crippen LogP contribution < -0.4 is 9.21 Å². The molecule has 0 spiro atoms. The third-order valence-electron chi connectivity index (χ3n) is 5.84. The normalized spacial score (nSPS) is 13.9. The van der Waals surface area contributed by atoms with Gasteiger partial charge in [0.05, 0.1) is 10.6 Å². The lowest BCUT2D eigenvalue weighted by molar-refractivity contribution is -0.148. The zero-order valence-electron chi connectivity index (χ0n) is 19.5. The second kappa shape index (κ2) is 10.1. The van der Waals surface area contributed by atoms with Gasteiger partial charge in [-0.2, -0.15) is 0 Å². The Kier molecular flexibility index (Phi) is 7.02. The summed E-state index contributed by atoms with van der Waals surface area (Å²) in [4.78, 5) is 26.4. The topological polar surface area (TPSA) is 84.0 Å². The van der Waals surface area contributed by atoms with Gasteiger partial charge in [0.1, 0.15) is 0 Å². The van der Waals surface area contributed by atoms with E-state index < -0.39 is 22.1 Å². The van der Waals surface area contributed by atoms with Crippen LogP contribution in [-0.4, -0.2) is 40.0 Å². The molecule has 1 amide bonds. The smallest absolute Gasteiger partial charge is 0.331 e. The molecule has 3 aromatic carbocycles. The minimum Gasteiger partial charge on any atom is -0.449 e. The number of benzene rings is 3. The number of carbonyl (C=O) groups is 2. The Hall–Kier alpha value is -3.91. The molecule has 8 heteroatoms. The van der Waals surface area contributed by atoms with Gasteiger partial charge in [-0.15, -0.1) is 0 Å². The molecule has 0 fully saturated rings. The number of amides is 1. The molecule has 0 saturated carbocycles. The van der Waals surface area contributed by atoms with E-state index in [1.165, 1.54) is 40.4 Å². The number of hydrogen-bond acceptors (Lipinski definition) is 5. The van der Waals surface area contributed by atoms with Gasteiger partial charge < -0.3 is 9.64 Å². The van der Waals surface area contributed by atoms with Crippen molar-refractivity contribution >= 4 is 39.4 Å². The summed E-state index contributed by atoms with van der Waals surface area (Å²) >= 11 is 0. The minimum atomic E-state index is -3.68. The summed E-state index contributed by atoms with van der Waals surface area (Å²) in [6.07, 6.45) is 2.45. The fourth-order valence-electron chi connectivity index (χ4n) is 3.92. The van der Waals surface area contributed by atoms with Gasteiger partial charge in [-0.3, -0.25) is 9.10 Å². The third-order valence-corrected chi connectivity index (χ3v) is 7.67. The molecule has 1 atom stereocenters. The van der Waals surface area contributed by atoms with E-state index in [0.717, 1.165) is 5.56 Å². The zero-order valence-corrected chi connectivity index (χ0v) is 20.3. The number of rotatable bonds is 7. The van der Waals surface area contributed by atoms with Crippen LogP contribution in [-0.2, 0) is 30.8 Å². The first-order valence-electron chi connectivity index (χ1n) is 11.2. The Labute approximate surface area is 205 Å². The lowest BCUT2D eigenvalue weighted by Crippen LogP contribution is -2.37. The van der Waals surface area contributed by atoms with Gasteiger partial charge in [-0.05, 0) is 60.9 Å². The highest BCUT2D eigenvalue weighted by Crippen LogP contribution is 2.32. The molecule has 0 N–H and O–H groups in total. The SMILES string of the molecule is CC(OC(=O)C=Cc1ccc(S(=O)(=O)N2CCc3ccccc32)cc1)C(=O)N(C)c1ccccc1. The molecule has 1 aliphatic rings. The number of carbonyl (C=O) groups excluding carboxylic acids is 2. The number of esters is 1. The van der Waals surface area contributed by atoms with Crippen molar-refractivity contribution in [1.29, 1.82) is 0 Å². The molecule has 180 valence electrons. The summed E-state index contributed by atoms with van der Waals surface area (Å²) in [5.41, 5.74) is 3.05. The maximum Gasteiger partial charge on any atom is 0.331 e. The number of fused-ring (bicyclic) bond motifs is 1. The summed E-state index contributed by atoms with van der Waals surface area (Å²) in [6.45, 7) is 1.93. The van der Waals surface area contributed by atoms with Crippen molar-refractivity contribution in [2.45, 2.75) is 24.3 Å². The Balaban J connectivity index is 1.38. The maximum atomic E-state index is 13.1. The first-order valence-corrected chi connectivity index (χ1v) is 12.6. The Morgan fingerprint density at radius 1 is 0.971 bits per heavy atom. The van der Waals surface area contributed by atoms with Crippen molar-refractivity contribution in [3.63, 3.8) is 0 Å². The Morgan fingerprint density at radius 2 is 1.63 bits per heavy atom. The first kappa shape index (κ1) is 24.2. The fraction of sp³-hybridized carbons (Fsp3) is 0.185. The van der Waals surface area contributed by atoms with Crippen LogP contribution in [0.15, 0.2) is 89.8 Å². The molecule has 35 heavy (non-hydrogen) atoms. The van der Waals surface area contributed by atoms with Crippen LogP contribution in [0.2, 0.25) is 0 Å². The highest BCUT2D eigenvalue weighted by Gasteiger charge is 2.30. The quantitative estimate of drug-likeness (QED) is 0.369. The summed E-state index contributed by atoms with van der Waals surface area (Å²) < 4.78 is 32.9. The molecular formula is C27H26N2O5S. The molecule has 1 aliphatic heterocycles. The average molecular weight is 491 g/mol. The van der Waals surface area contributed by atoms with Gasteiger partial charge >= 0.3 is 5.97 Å². The second-order valence-electron chi connectivity index (χ2n) is 8.17. The van der Waals surface area contributed by atoms with E-state index in [4.69, 9.17) is 4.74 Å². The number of anilines is 2. The monoisotopic (exact) mass is 490 g/mol. The third kappa shape index (κ3) is 5.27. The van der Waals surface area contributed by atoms with E-state index in [9.17, 15) is 18.0 Å². The van der Waals surface area contributed by atoms with Gasteiger partial charge in [-0.1, -0.05) is 48.5 Å². The molecule has 4 rings (SSSR count). The van der Waals surface area contributed by atoms with Gasteiger partial charge in [-0.25, -0.2) is 13.2 Å². The number of ether oxygens (including phenoxy) is 1. The van der Waals surface area contributed by atoms with Crippen molar-refractivity contribution in [2.75, 3.05) is 22.8 Å². The van der Waals surface area contributed by atoms with E-state index >= 15 is 0 Å². The molecule has 0 saturated heterocycles. The average Bonchev–Trinajstić information content (AvgIpc) is 3.32. The Bertz CT molecular complexity index is 1350. The van der Waals surface area contributed by atoms with E-state index in [1.54, 1.807) is 31.3 Å². The van der Waals surface area contributed by atoms with E-state index in [-0.39, 0.29) is 10.8 Å². The van der Waals surface area contributed by atoms with Crippen LogP contribution in [0.3, 0.4) is 0 Å². The fourth-order valence-corrected chi connectivity index (χ4v) is 5.42. The van der Waals surface area contributed by atoms with Gasteiger partial charge in [0.2, 0.25) is 0 Å². The van der Waals surface area contributed by atoms with Crippen LogP contribution in [0.25, 0.3) is 6.08 Å². The number of hydrogen-bond donors (Lipinski definition) is 0. The molecule has 1 heterocycles. The van der Waals surface area contributed by atoms with Crippen LogP contribution in [0.1, 0.15) is 18.1 Å². The zero-order chi connectivity index (χ0) is 25.0. The van der Waals surface area contributed by atoms with Crippen molar-refractivity contribution < 1.29 is 22.7 Å². The van der Waals surface area contributed by atoms with Crippen LogP contribution in [0.4, 0.5) is 11.4 Å². The number of para-hydroxylation sites is 2. The lowest BCUT2D eigenvalue weighted by Gasteiger charge is -2.21.